The predicted molar refractivity (Wildman–Crippen MR) is 105 cm³/mol. The Kier molecular flexibility index (Phi) is 5.49. The van der Waals surface area contributed by atoms with Crippen molar-refractivity contribution in [2.24, 2.45) is 0 Å². The number of aromatic nitrogens is 1. The lowest BCUT2D eigenvalue weighted by Gasteiger charge is -2.30. The molecule has 1 heterocycles. The Hall–Kier alpha value is -2.20. The molecule has 0 bridgehead atoms. The maximum absolute atomic E-state index is 5.86. The summed E-state index contributed by atoms with van der Waals surface area (Å²) in [5.74, 6) is 0.845. The highest BCUT2D eigenvalue weighted by molar-refractivity contribution is 7.99. The Morgan fingerprint density at radius 1 is 0.840 bits per heavy atom. The summed E-state index contributed by atoms with van der Waals surface area (Å²) in [6.07, 6.45) is 0. The highest BCUT2D eigenvalue weighted by atomic mass is 32.2. The van der Waals surface area contributed by atoms with Crippen LogP contribution in [0.2, 0.25) is 0 Å². The molecular formula is C21H24N2OS. The van der Waals surface area contributed by atoms with Gasteiger partial charge >= 0.3 is 0 Å². The average Bonchev–Trinajstić information content (AvgIpc) is 2.99. The molecule has 0 amide bonds. The van der Waals surface area contributed by atoms with E-state index in [-0.39, 0.29) is 0 Å². The van der Waals surface area contributed by atoms with Crippen molar-refractivity contribution in [1.82, 2.24) is 5.16 Å². The molecule has 0 aliphatic carbocycles. The number of anilines is 1. The zero-order valence-corrected chi connectivity index (χ0v) is 16.0. The number of nitrogens with zero attached hydrogens (tertiary/aromatic N) is 2. The molecule has 0 radical (unpaired) electrons. The van der Waals surface area contributed by atoms with Crippen molar-refractivity contribution in [3.8, 4) is 11.3 Å². The molecule has 3 nitrogen and oxygen atoms in total. The number of benzene rings is 2. The first-order valence-corrected chi connectivity index (χ1v) is 9.46. The Morgan fingerprint density at radius 3 is 1.96 bits per heavy atom. The van der Waals surface area contributed by atoms with Crippen LogP contribution in [0, 0.1) is 0 Å². The van der Waals surface area contributed by atoms with Gasteiger partial charge in [-0.05, 0) is 39.8 Å². The van der Waals surface area contributed by atoms with Gasteiger partial charge < -0.3 is 9.42 Å². The number of rotatable bonds is 6. The van der Waals surface area contributed by atoms with Crippen molar-refractivity contribution >= 4 is 17.6 Å². The second-order valence-electron chi connectivity index (χ2n) is 6.54. The van der Waals surface area contributed by atoms with Crippen molar-refractivity contribution in [1.29, 1.82) is 0 Å². The van der Waals surface area contributed by atoms with E-state index in [1.54, 1.807) is 11.8 Å². The van der Waals surface area contributed by atoms with E-state index < -0.39 is 0 Å². The normalized spacial score (nSPS) is 11.3. The largest absolute Gasteiger partial charge is 0.337 e. The summed E-state index contributed by atoms with van der Waals surface area (Å²) < 4.78 is 5.86. The monoisotopic (exact) mass is 352 g/mol. The predicted octanol–water partition coefficient (Wildman–Crippen LogP) is 6.12. The van der Waals surface area contributed by atoms with Gasteiger partial charge in [0, 0.05) is 22.5 Å². The molecule has 0 aliphatic rings. The van der Waals surface area contributed by atoms with Crippen LogP contribution in [-0.4, -0.2) is 17.2 Å². The summed E-state index contributed by atoms with van der Waals surface area (Å²) in [4.78, 5) is 4.53. The van der Waals surface area contributed by atoms with Crippen LogP contribution in [0.25, 0.3) is 11.3 Å². The van der Waals surface area contributed by atoms with E-state index in [0.717, 1.165) is 22.0 Å². The third-order valence-corrected chi connectivity index (χ3v) is 5.07. The molecule has 0 fully saturated rings. The summed E-state index contributed by atoms with van der Waals surface area (Å²) in [5, 5.41) is 4.43. The van der Waals surface area contributed by atoms with Crippen molar-refractivity contribution in [2.45, 2.75) is 49.6 Å². The van der Waals surface area contributed by atoms with E-state index in [4.69, 9.17) is 4.52 Å². The molecule has 0 aliphatic heterocycles. The molecular weight excluding hydrogens is 328 g/mol. The van der Waals surface area contributed by atoms with Crippen molar-refractivity contribution in [2.75, 3.05) is 4.90 Å². The van der Waals surface area contributed by atoms with Gasteiger partial charge in [-0.3, -0.25) is 0 Å². The topological polar surface area (TPSA) is 29.3 Å². The molecule has 0 spiro atoms. The lowest BCUT2D eigenvalue weighted by molar-refractivity contribution is 0.398. The molecule has 2 aromatic carbocycles. The van der Waals surface area contributed by atoms with Crippen LogP contribution in [0.4, 0.5) is 5.88 Å². The van der Waals surface area contributed by atoms with Gasteiger partial charge in [-0.15, -0.1) is 0 Å². The Bertz CT molecular complexity index is 789. The van der Waals surface area contributed by atoms with E-state index in [1.807, 2.05) is 24.3 Å². The molecule has 130 valence electrons. The molecule has 0 atom stereocenters. The zero-order chi connectivity index (χ0) is 17.8. The highest BCUT2D eigenvalue weighted by Crippen LogP contribution is 2.43. The Labute approximate surface area is 154 Å². The third-order valence-electron chi connectivity index (χ3n) is 3.99. The van der Waals surface area contributed by atoms with Gasteiger partial charge in [0.05, 0.1) is 0 Å². The van der Waals surface area contributed by atoms with Crippen molar-refractivity contribution in [3.63, 3.8) is 0 Å². The number of hydrogen-bond donors (Lipinski definition) is 0. The second kappa shape index (κ2) is 7.79. The quantitative estimate of drug-likeness (QED) is 0.535. The second-order valence-corrected chi connectivity index (χ2v) is 7.63. The molecule has 3 aromatic rings. The van der Waals surface area contributed by atoms with Gasteiger partial charge in [-0.1, -0.05) is 65.4 Å². The summed E-state index contributed by atoms with van der Waals surface area (Å²) in [6.45, 7) is 8.73. The van der Waals surface area contributed by atoms with Crippen molar-refractivity contribution in [3.05, 3.63) is 60.7 Å². The van der Waals surface area contributed by atoms with Gasteiger partial charge in [-0.2, -0.15) is 0 Å². The maximum atomic E-state index is 5.86. The highest BCUT2D eigenvalue weighted by Gasteiger charge is 2.26. The summed E-state index contributed by atoms with van der Waals surface area (Å²) in [5.41, 5.74) is 1.97. The molecule has 0 saturated heterocycles. The fourth-order valence-electron chi connectivity index (χ4n) is 2.98. The van der Waals surface area contributed by atoms with Crippen molar-refractivity contribution < 1.29 is 4.52 Å². The van der Waals surface area contributed by atoms with Gasteiger partial charge in [0.1, 0.15) is 10.6 Å². The van der Waals surface area contributed by atoms with Gasteiger partial charge in [-0.25, -0.2) is 0 Å². The fraction of sp³-hybridized carbons (Fsp3) is 0.286. The fourth-order valence-corrected chi connectivity index (χ4v) is 3.99. The van der Waals surface area contributed by atoms with Crippen LogP contribution in [-0.2, 0) is 0 Å². The van der Waals surface area contributed by atoms with Crippen LogP contribution in [0.5, 0.6) is 0 Å². The van der Waals surface area contributed by atoms with E-state index in [9.17, 15) is 0 Å². The van der Waals surface area contributed by atoms with Gasteiger partial charge in [0.15, 0.2) is 0 Å². The van der Waals surface area contributed by atoms with Gasteiger partial charge in [0.2, 0.25) is 5.88 Å². The number of hydrogen-bond acceptors (Lipinski definition) is 4. The van der Waals surface area contributed by atoms with Gasteiger partial charge in [0.25, 0.3) is 0 Å². The van der Waals surface area contributed by atoms with E-state index >= 15 is 0 Å². The smallest absolute Gasteiger partial charge is 0.242 e. The molecule has 3 rings (SSSR count). The third kappa shape index (κ3) is 3.90. The van der Waals surface area contributed by atoms with E-state index in [2.05, 4.69) is 74.1 Å². The zero-order valence-electron chi connectivity index (χ0n) is 15.1. The maximum Gasteiger partial charge on any atom is 0.242 e. The summed E-state index contributed by atoms with van der Waals surface area (Å²) in [7, 11) is 0. The molecule has 0 N–H and O–H groups in total. The Morgan fingerprint density at radius 2 is 1.40 bits per heavy atom. The minimum absolute atomic E-state index is 0.326. The van der Waals surface area contributed by atoms with E-state index in [1.165, 1.54) is 4.90 Å². The van der Waals surface area contributed by atoms with Crippen LogP contribution in [0.1, 0.15) is 27.7 Å². The molecule has 0 saturated carbocycles. The van der Waals surface area contributed by atoms with Crippen LogP contribution >= 0.6 is 11.8 Å². The standard InChI is InChI=1S/C21H24N2OS/c1-15(2)23(16(3)4)21-20(25-18-13-9-6-10-14-18)19(22-24-21)17-11-7-5-8-12-17/h5-16H,1-4H3. The molecule has 0 unspecified atom stereocenters. The first-order chi connectivity index (χ1) is 12.1. The summed E-state index contributed by atoms with van der Waals surface area (Å²) in [6, 6.07) is 21.3. The lowest BCUT2D eigenvalue weighted by atomic mass is 10.1. The van der Waals surface area contributed by atoms with E-state index in [0.29, 0.717) is 12.1 Å². The first kappa shape index (κ1) is 17.6. The van der Waals surface area contributed by atoms with Crippen LogP contribution in [0.15, 0.2) is 75.0 Å². The van der Waals surface area contributed by atoms with Crippen LogP contribution < -0.4 is 4.90 Å². The molecule has 1 aromatic heterocycles. The Balaban J connectivity index is 2.11. The minimum Gasteiger partial charge on any atom is -0.337 e. The van der Waals surface area contributed by atoms with Crippen LogP contribution in [0.3, 0.4) is 0 Å². The average molecular weight is 353 g/mol. The SMILES string of the molecule is CC(C)N(c1onc(-c2ccccc2)c1Sc1ccccc1)C(C)C. The molecule has 4 heteroatoms. The minimum atomic E-state index is 0.326. The molecule has 25 heavy (non-hydrogen) atoms. The lowest BCUT2D eigenvalue weighted by Crippen LogP contribution is -2.37. The first-order valence-electron chi connectivity index (χ1n) is 8.64. The summed E-state index contributed by atoms with van der Waals surface area (Å²) >= 11 is 1.71.